The summed E-state index contributed by atoms with van der Waals surface area (Å²) in [5.41, 5.74) is 0. The zero-order chi connectivity index (χ0) is 11.0. The van der Waals surface area contributed by atoms with Gasteiger partial charge in [-0.2, -0.15) is 0 Å². The van der Waals surface area contributed by atoms with Gasteiger partial charge in [0.25, 0.3) is 0 Å². The molecule has 0 aliphatic rings. The summed E-state index contributed by atoms with van der Waals surface area (Å²) in [6.07, 6.45) is 6.17. The quantitative estimate of drug-likeness (QED) is 0.490. The number of urea groups is 1. The van der Waals surface area contributed by atoms with Crippen LogP contribution in [0.3, 0.4) is 0 Å². The van der Waals surface area contributed by atoms with Crippen molar-refractivity contribution in [3.05, 3.63) is 0 Å². The predicted molar refractivity (Wildman–Crippen MR) is 58.0 cm³/mol. The van der Waals surface area contributed by atoms with Crippen LogP contribution in [0.25, 0.3) is 0 Å². The van der Waals surface area contributed by atoms with Crippen LogP contribution in [0.4, 0.5) is 4.79 Å². The molecule has 0 heterocycles. The molecule has 0 radical (unpaired) electrons. The number of hydrogen-bond donors (Lipinski definition) is 2. The molecule has 0 fully saturated rings. The van der Waals surface area contributed by atoms with Crippen LogP contribution in [0.1, 0.15) is 13.3 Å². The van der Waals surface area contributed by atoms with Crippen LogP contribution in [0.15, 0.2) is 0 Å². The number of nitrogens with one attached hydrogen (secondary N) is 2. The Labute approximate surface area is 86.0 Å². The number of hydrogen-bond acceptors (Lipinski definition) is 2. The highest BCUT2D eigenvalue weighted by Gasteiger charge is 2.02. The third-order valence-electron chi connectivity index (χ3n) is 1.81. The van der Waals surface area contributed by atoms with E-state index in [-0.39, 0.29) is 12.1 Å². The predicted octanol–water partition coefficient (Wildman–Crippen LogP) is 0.259. The summed E-state index contributed by atoms with van der Waals surface area (Å²) in [5.74, 6) is 2.63. The minimum atomic E-state index is -0.0828. The van der Waals surface area contributed by atoms with Crippen LogP contribution in [0, 0.1) is 12.3 Å². The Kier molecular flexibility index (Phi) is 6.59. The molecule has 0 spiro atoms. The summed E-state index contributed by atoms with van der Waals surface area (Å²) >= 11 is 0. The first-order valence-corrected chi connectivity index (χ1v) is 4.76. The molecule has 0 saturated heterocycles. The molecule has 0 saturated carbocycles. The number of amides is 2. The maximum absolute atomic E-state index is 11.1. The molecule has 14 heavy (non-hydrogen) atoms. The minimum Gasteiger partial charge on any atom is -0.337 e. The van der Waals surface area contributed by atoms with Crippen LogP contribution < -0.4 is 10.6 Å². The maximum atomic E-state index is 11.1. The Bertz CT molecular complexity index is 208. The largest absolute Gasteiger partial charge is 0.337 e. The van der Waals surface area contributed by atoms with Gasteiger partial charge >= 0.3 is 6.03 Å². The lowest BCUT2D eigenvalue weighted by molar-refractivity contribution is 0.217. The van der Waals surface area contributed by atoms with E-state index in [9.17, 15) is 4.79 Å². The van der Waals surface area contributed by atoms with E-state index in [1.807, 2.05) is 6.92 Å². The van der Waals surface area contributed by atoms with Gasteiger partial charge in [0.2, 0.25) is 0 Å². The first-order chi connectivity index (χ1) is 6.61. The second kappa shape index (κ2) is 7.22. The summed E-state index contributed by atoms with van der Waals surface area (Å²) < 4.78 is 0. The van der Waals surface area contributed by atoms with Gasteiger partial charge < -0.3 is 15.5 Å². The van der Waals surface area contributed by atoms with Crippen LogP contribution in [-0.2, 0) is 0 Å². The Hall–Kier alpha value is -1.21. The van der Waals surface area contributed by atoms with E-state index in [0.29, 0.717) is 13.1 Å². The molecule has 4 heteroatoms. The third-order valence-corrected chi connectivity index (χ3v) is 1.81. The molecule has 1 atom stereocenters. The second-order valence-electron chi connectivity index (χ2n) is 3.21. The van der Waals surface area contributed by atoms with Crippen molar-refractivity contribution in [3.63, 3.8) is 0 Å². The third kappa shape index (κ3) is 5.44. The average molecular weight is 197 g/mol. The minimum absolute atomic E-state index is 0.0828. The van der Waals surface area contributed by atoms with Crippen molar-refractivity contribution in [2.45, 2.75) is 19.4 Å². The molecule has 0 rings (SSSR count). The normalized spacial score (nSPS) is 11.6. The van der Waals surface area contributed by atoms with Gasteiger partial charge in [0.15, 0.2) is 0 Å². The smallest absolute Gasteiger partial charge is 0.316 e. The van der Waals surface area contributed by atoms with E-state index in [1.165, 1.54) is 4.90 Å². The molecule has 1 unspecified atom stereocenters. The lowest BCUT2D eigenvalue weighted by Crippen LogP contribution is -2.40. The topological polar surface area (TPSA) is 44.4 Å². The van der Waals surface area contributed by atoms with Gasteiger partial charge in [-0.25, -0.2) is 4.79 Å². The second-order valence-corrected chi connectivity index (χ2v) is 3.21. The highest BCUT2D eigenvalue weighted by atomic mass is 16.2. The van der Waals surface area contributed by atoms with Gasteiger partial charge in [0, 0.05) is 27.2 Å². The summed E-state index contributed by atoms with van der Waals surface area (Å²) in [7, 11) is 3.41. The molecule has 4 nitrogen and oxygen atoms in total. The van der Waals surface area contributed by atoms with Crippen LogP contribution in [0.2, 0.25) is 0 Å². The molecule has 0 aromatic carbocycles. The highest BCUT2D eigenvalue weighted by molar-refractivity contribution is 5.73. The molecule has 0 aromatic heterocycles. The van der Waals surface area contributed by atoms with E-state index in [1.54, 1.807) is 14.1 Å². The molecular formula is C10H19N3O. The average Bonchev–Trinajstić information content (AvgIpc) is 2.17. The van der Waals surface area contributed by atoms with Crippen molar-refractivity contribution in [1.29, 1.82) is 0 Å². The van der Waals surface area contributed by atoms with Crippen molar-refractivity contribution >= 4 is 6.03 Å². The standard InChI is InChI=1S/C10H19N3O/c1-5-9(6-2)11-7-8-12-10(14)13(3)4/h1,9,11H,6-8H2,2-4H3,(H,12,14). The monoisotopic (exact) mass is 197 g/mol. The Morgan fingerprint density at radius 3 is 2.57 bits per heavy atom. The molecular weight excluding hydrogens is 178 g/mol. The molecule has 0 aromatic rings. The maximum Gasteiger partial charge on any atom is 0.316 e. The van der Waals surface area contributed by atoms with Gasteiger partial charge in [-0.1, -0.05) is 12.8 Å². The summed E-state index contributed by atoms with van der Waals surface area (Å²) in [5, 5.41) is 5.89. The number of nitrogens with zero attached hydrogens (tertiary/aromatic N) is 1. The fourth-order valence-corrected chi connectivity index (χ4v) is 0.895. The molecule has 2 amide bonds. The Balaban J connectivity index is 3.47. The van der Waals surface area contributed by atoms with E-state index in [2.05, 4.69) is 16.6 Å². The van der Waals surface area contributed by atoms with Gasteiger partial charge in [-0.3, -0.25) is 0 Å². The number of carbonyl (C=O) groups is 1. The van der Waals surface area contributed by atoms with Crippen molar-refractivity contribution in [3.8, 4) is 12.3 Å². The lowest BCUT2D eigenvalue weighted by atomic mass is 10.2. The fourth-order valence-electron chi connectivity index (χ4n) is 0.895. The number of terminal acetylenes is 1. The fraction of sp³-hybridized carbons (Fsp3) is 0.700. The van der Waals surface area contributed by atoms with Crippen LogP contribution in [0.5, 0.6) is 0 Å². The zero-order valence-corrected chi connectivity index (χ0v) is 9.13. The van der Waals surface area contributed by atoms with Gasteiger partial charge in [0.05, 0.1) is 6.04 Å². The Morgan fingerprint density at radius 1 is 1.50 bits per heavy atom. The summed E-state index contributed by atoms with van der Waals surface area (Å²) in [4.78, 5) is 12.6. The molecule has 80 valence electrons. The number of carbonyl (C=O) groups excluding carboxylic acids is 1. The van der Waals surface area contributed by atoms with Gasteiger partial charge in [-0.15, -0.1) is 6.42 Å². The van der Waals surface area contributed by atoms with E-state index < -0.39 is 0 Å². The first-order valence-electron chi connectivity index (χ1n) is 4.76. The van der Waals surface area contributed by atoms with E-state index in [4.69, 9.17) is 6.42 Å². The molecule has 0 bridgehead atoms. The highest BCUT2D eigenvalue weighted by Crippen LogP contribution is 1.85. The zero-order valence-electron chi connectivity index (χ0n) is 9.13. The van der Waals surface area contributed by atoms with Crippen molar-refractivity contribution in [2.75, 3.05) is 27.2 Å². The van der Waals surface area contributed by atoms with Crippen LogP contribution in [-0.4, -0.2) is 44.2 Å². The van der Waals surface area contributed by atoms with E-state index >= 15 is 0 Å². The molecule has 0 aliphatic carbocycles. The van der Waals surface area contributed by atoms with Gasteiger partial charge in [-0.05, 0) is 6.42 Å². The molecule has 2 N–H and O–H groups in total. The number of rotatable bonds is 5. The van der Waals surface area contributed by atoms with Gasteiger partial charge in [0.1, 0.15) is 0 Å². The summed E-state index contributed by atoms with van der Waals surface area (Å²) in [6, 6.07) is 0.0202. The first kappa shape index (κ1) is 12.8. The Morgan fingerprint density at radius 2 is 2.14 bits per heavy atom. The van der Waals surface area contributed by atoms with Crippen molar-refractivity contribution in [1.82, 2.24) is 15.5 Å². The summed E-state index contributed by atoms with van der Waals surface area (Å²) in [6.45, 7) is 3.31. The van der Waals surface area contributed by atoms with Crippen molar-refractivity contribution < 1.29 is 4.79 Å². The lowest BCUT2D eigenvalue weighted by Gasteiger charge is -2.13. The van der Waals surface area contributed by atoms with Crippen LogP contribution >= 0.6 is 0 Å². The van der Waals surface area contributed by atoms with Crippen molar-refractivity contribution in [2.24, 2.45) is 0 Å². The molecule has 0 aliphatic heterocycles. The van der Waals surface area contributed by atoms with E-state index in [0.717, 1.165) is 6.42 Å². The SMILES string of the molecule is C#CC(CC)NCCNC(=O)N(C)C.